The van der Waals surface area contributed by atoms with E-state index in [4.69, 9.17) is 4.74 Å². The SMILES string of the molecule is CC1CC(N(C)C2CCOCC2)C(O)c2ccccc21. The smallest absolute Gasteiger partial charge is 0.0948 e. The summed E-state index contributed by atoms with van der Waals surface area (Å²) in [5.41, 5.74) is 2.44. The Balaban J connectivity index is 1.81. The first-order chi connectivity index (χ1) is 9.68. The molecule has 2 aliphatic rings. The number of benzene rings is 1. The first-order valence-electron chi connectivity index (χ1n) is 7.75. The molecule has 20 heavy (non-hydrogen) atoms. The van der Waals surface area contributed by atoms with Crippen molar-refractivity contribution in [1.82, 2.24) is 4.90 Å². The van der Waals surface area contributed by atoms with E-state index in [2.05, 4.69) is 37.1 Å². The maximum atomic E-state index is 10.8. The third-order valence-corrected chi connectivity index (χ3v) is 5.09. The van der Waals surface area contributed by atoms with Crippen LogP contribution in [0.25, 0.3) is 0 Å². The monoisotopic (exact) mass is 275 g/mol. The predicted molar refractivity (Wildman–Crippen MR) is 79.8 cm³/mol. The predicted octanol–water partition coefficient (Wildman–Crippen LogP) is 2.71. The lowest BCUT2D eigenvalue weighted by atomic mass is 9.78. The van der Waals surface area contributed by atoms with Gasteiger partial charge in [0.1, 0.15) is 0 Å². The van der Waals surface area contributed by atoms with E-state index in [1.54, 1.807) is 0 Å². The van der Waals surface area contributed by atoms with Crippen LogP contribution in [0.4, 0.5) is 0 Å². The van der Waals surface area contributed by atoms with Crippen LogP contribution >= 0.6 is 0 Å². The Morgan fingerprint density at radius 3 is 2.50 bits per heavy atom. The quantitative estimate of drug-likeness (QED) is 0.901. The molecule has 1 aliphatic carbocycles. The van der Waals surface area contributed by atoms with Crippen molar-refractivity contribution >= 4 is 0 Å². The summed E-state index contributed by atoms with van der Waals surface area (Å²) in [4.78, 5) is 2.40. The minimum Gasteiger partial charge on any atom is -0.387 e. The molecular weight excluding hydrogens is 250 g/mol. The molecule has 1 fully saturated rings. The van der Waals surface area contributed by atoms with Gasteiger partial charge in [-0.3, -0.25) is 4.90 Å². The minimum absolute atomic E-state index is 0.225. The van der Waals surface area contributed by atoms with Gasteiger partial charge in [-0.2, -0.15) is 0 Å². The number of hydrogen-bond donors (Lipinski definition) is 1. The maximum absolute atomic E-state index is 10.8. The average molecular weight is 275 g/mol. The molecule has 0 bridgehead atoms. The lowest BCUT2D eigenvalue weighted by Crippen LogP contribution is -2.47. The van der Waals surface area contributed by atoms with Crippen molar-refractivity contribution in [2.75, 3.05) is 20.3 Å². The molecule has 3 rings (SSSR count). The van der Waals surface area contributed by atoms with Gasteiger partial charge in [-0.25, -0.2) is 0 Å². The Labute approximate surface area is 121 Å². The summed E-state index contributed by atoms with van der Waals surface area (Å²) >= 11 is 0. The van der Waals surface area contributed by atoms with E-state index in [0.717, 1.165) is 38.0 Å². The summed E-state index contributed by atoms with van der Waals surface area (Å²) in [6, 6.07) is 9.12. The van der Waals surface area contributed by atoms with Gasteiger partial charge < -0.3 is 9.84 Å². The number of ether oxygens (including phenoxy) is 1. The van der Waals surface area contributed by atoms with Crippen molar-refractivity contribution in [3.8, 4) is 0 Å². The first-order valence-corrected chi connectivity index (χ1v) is 7.75. The zero-order valence-corrected chi connectivity index (χ0v) is 12.5. The molecule has 0 saturated carbocycles. The molecule has 0 spiro atoms. The van der Waals surface area contributed by atoms with Crippen molar-refractivity contribution < 1.29 is 9.84 Å². The van der Waals surface area contributed by atoms with Crippen LogP contribution in [0.3, 0.4) is 0 Å². The Morgan fingerprint density at radius 2 is 1.80 bits per heavy atom. The topological polar surface area (TPSA) is 32.7 Å². The summed E-state index contributed by atoms with van der Waals surface area (Å²) in [5, 5.41) is 10.8. The van der Waals surface area contributed by atoms with Crippen LogP contribution in [0, 0.1) is 0 Å². The fourth-order valence-electron chi connectivity index (χ4n) is 3.81. The summed E-state index contributed by atoms with van der Waals surface area (Å²) in [5.74, 6) is 0.516. The number of rotatable bonds is 2. The minimum atomic E-state index is -0.366. The lowest BCUT2D eigenvalue weighted by molar-refractivity contribution is -0.0166. The van der Waals surface area contributed by atoms with Crippen LogP contribution in [-0.2, 0) is 4.74 Å². The highest BCUT2D eigenvalue weighted by atomic mass is 16.5. The summed E-state index contributed by atoms with van der Waals surface area (Å²) in [6.07, 6.45) is 2.83. The Morgan fingerprint density at radius 1 is 1.15 bits per heavy atom. The van der Waals surface area contributed by atoms with E-state index in [0.29, 0.717) is 12.0 Å². The number of hydrogen-bond acceptors (Lipinski definition) is 3. The van der Waals surface area contributed by atoms with Crippen LogP contribution in [0.1, 0.15) is 49.3 Å². The van der Waals surface area contributed by atoms with Crippen LogP contribution < -0.4 is 0 Å². The molecule has 1 heterocycles. The average Bonchev–Trinajstić information content (AvgIpc) is 2.51. The van der Waals surface area contributed by atoms with Crippen molar-refractivity contribution in [2.45, 2.75) is 50.3 Å². The number of fused-ring (bicyclic) bond motifs is 1. The van der Waals surface area contributed by atoms with Crippen molar-refractivity contribution in [3.05, 3.63) is 35.4 Å². The summed E-state index contributed by atoms with van der Waals surface area (Å²) in [6.45, 7) is 3.98. The second-order valence-electron chi connectivity index (χ2n) is 6.29. The highest BCUT2D eigenvalue weighted by molar-refractivity contribution is 5.35. The molecule has 1 aliphatic heterocycles. The zero-order valence-electron chi connectivity index (χ0n) is 12.5. The van der Waals surface area contributed by atoms with Crippen molar-refractivity contribution in [1.29, 1.82) is 0 Å². The highest BCUT2D eigenvalue weighted by Gasteiger charge is 2.36. The molecule has 3 atom stereocenters. The van der Waals surface area contributed by atoms with Gasteiger partial charge in [-0.1, -0.05) is 31.2 Å². The Hall–Kier alpha value is -0.900. The van der Waals surface area contributed by atoms with Crippen LogP contribution in [0.15, 0.2) is 24.3 Å². The molecule has 1 aromatic carbocycles. The summed E-state index contributed by atoms with van der Waals surface area (Å²) in [7, 11) is 2.17. The fourth-order valence-corrected chi connectivity index (χ4v) is 3.81. The van der Waals surface area contributed by atoms with Crippen LogP contribution in [-0.4, -0.2) is 42.4 Å². The number of nitrogens with zero attached hydrogens (tertiary/aromatic N) is 1. The van der Waals surface area contributed by atoms with Crippen LogP contribution in [0.5, 0.6) is 0 Å². The van der Waals surface area contributed by atoms with E-state index in [1.807, 2.05) is 6.07 Å². The normalized spacial score (nSPS) is 31.3. The molecule has 3 unspecified atom stereocenters. The molecule has 1 saturated heterocycles. The molecule has 0 aromatic heterocycles. The van der Waals surface area contributed by atoms with E-state index in [1.165, 1.54) is 5.56 Å². The van der Waals surface area contributed by atoms with Gasteiger partial charge in [0.05, 0.1) is 6.10 Å². The van der Waals surface area contributed by atoms with Gasteiger partial charge in [0.25, 0.3) is 0 Å². The number of aliphatic hydroxyl groups is 1. The standard InChI is InChI=1S/C17H25NO2/c1-12-11-16(18(2)13-7-9-20-10-8-13)17(19)15-6-4-3-5-14(12)15/h3-6,12-13,16-17,19H,7-11H2,1-2H3. The fraction of sp³-hybridized carbons (Fsp3) is 0.647. The number of likely N-dealkylation sites (N-methyl/N-ethyl adjacent to an activating group) is 1. The third kappa shape index (κ3) is 2.50. The van der Waals surface area contributed by atoms with E-state index in [-0.39, 0.29) is 12.1 Å². The molecule has 0 radical (unpaired) electrons. The van der Waals surface area contributed by atoms with Gasteiger partial charge in [0, 0.05) is 25.3 Å². The molecule has 1 N–H and O–H groups in total. The summed E-state index contributed by atoms with van der Waals surface area (Å²) < 4.78 is 5.45. The maximum Gasteiger partial charge on any atom is 0.0948 e. The van der Waals surface area contributed by atoms with E-state index >= 15 is 0 Å². The second-order valence-corrected chi connectivity index (χ2v) is 6.29. The van der Waals surface area contributed by atoms with Gasteiger partial charge >= 0.3 is 0 Å². The highest BCUT2D eigenvalue weighted by Crippen LogP contribution is 2.40. The Kier molecular flexibility index (Phi) is 4.11. The first kappa shape index (κ1) is 14.1. The number of aliphatic hydroxyl groups excluding tert-OH is 1. The second kappa shape index (κ2) is 5.84. The lowest BCUT2D eigenvalue weighted by Gasteiger charge is -2.43. The van der Waals surface area contributed by atoms with Gasteiger partial charge in [-0.15, -0.1) is 0 Å². The zero-order chi connectivity index (χ0) is 14.1. The van der Waals surface area contributed by atoms with Gasteiger partial charge in [0.2, 0.25) is 0 Å². The largest absolute Gasteiger partial charge is 0.387 e. The third-order valence-electron chi connectivity index (χ3n) is 5.09. The van der Waals surface area contributed by atoms with E-state index in [9.17, 15) is 5.11 Å². The molecule has 1 aromatic rings. The van der Waals surface area contributed by atoms with Gasteiger partial charge in [-0.05, 0) is 43.4 Å². The van der Waals surface area contributed by atoms with Crippen molar-refractivity contribution in [2.24, 2.45) is 0 Å². The van der Waals surface area contributed by atoms with Gasteiger partial charge in [0.15, 0.2) is 0 Å². The van der Waals surface area contributed by atoms with Crippen molar-refractivity contribution in [3.63, 3.8) is 0 Å². The molecular formula is C17H25NO2. The van der Waals surface area contributed by atoms with Crippen LogP contribution in [0.2, 0.25) is 0 Å². The molecule has 3 heteroatoms. The van der Waals surface area contributed by atoms with E-state index < -0.39 is 0 Å². The Bertz CT molecular complexity index is 456. The molecule has 3 nitrogen and oxygen atoms in total. The molecule has 110 valence electrons. The molecule has 0 amide bonds.